The van der Waals surface area contributed by atoms with Gasteiger partial charge in [-0.15, -0.1) is 0 Å². The van der Waals surface area contributed by atoms with E-state index >= 15 is 0 Å². The lowest BCUT2D eigenvalue weighted by molar-refractivity contribution is 0.463. The zero-order valence-corrected chi connectivity index (χ0v) is 8.69. The molecule has 0 unspecified atom stereocenters. The smallest absolute Gasteiger partial charge is 0.239 e. The summed E-state index contributed by atoms with van der Waals surface area (Å²) in [6.45, 7) is 0. The molecule has 2 heterocycles. The Hall–Kier alpha value is -1.76. The average Bonchev–Trinajstić information content (AvgIpc) is 2.42. The van der Waals surface area contributed by atoms with Crippen molar-refractivity contribution in [3.63, 3.8) is 0 Å². The number of anilines is 1. The first-order valence-electron chi connectivity index (χ1n) is 4.11. The van der Waals surface area contributed by atoms with E-state index in [1.807, 2.05) is 0 Å². The fraction of sp³-hybridized carbons (Fsp3) is 0.125. The highest BCUT2D eigenvalue weighted by Crippen LogP contribution is 2.21. The van der Waals surface area contributed by atoms with Gasteiger partial charge in [-0.3, -0.25) is 9.12 Å². The Labute approximate surface area is 86.2 Å². The van der Waals surface area contributed by atoms with Crippen LogP contribution in [-0.4, -0.2) is 29.2 Å². The lowest BCUT2D eigenvalue weighted by atomic mass is 10.4. The lowest BCUT2D eigenvalue weighted by Gasteiger charge is -2.00. The fourth-order valence-electron chi connectivity index (χ4n) is 1.26. The van der Waals surface area contributed by atoms with Crippen LogP contribution in [0.15, 0.2) is 24.4 Å². The second-order valence-electron chi connectivity index (χ2n) is 3.09. The quantitative estimate of drug-likeness (QED) is 0.778. The van der Waals surface area contributed by atoms with Gasteiger partial charge in [0.15, 0.2) is 0 Å². The number of imidazole rings is 1. The number of rotatable bonds is 2. The Balaban J connectivity index is 2.62. The van der Waals surface area contributed by atoms with Gasteiger partial charge in [0.2, 0.25) is 21.9 Å². The number of pyridine rings is 1. The van der Waals surface area contributed by atoms with Crippen LogP contribution in [-0.2, 0) is 10.0 Å². The SMILES string of the molecule is CS(=O)(=O)Nc1nc(O)c2ccccn12. The van der Waals surface area contributed by atoms with E-state index in [4.69, 9.17) is 0 Å². The standard InChI is InChI=1S/C8H9N3O3S/c1-15(13,14)10-8-9-7(12)6-4-2-3-5-11(6)8/h2-5,12H,1H3,(H,9,10). The highest BCUT2D eigenvalue weighted by Gasteiger charge is 2.12. The minimum atomic E-state index is -3.40. The van der Waals surface area contributed by atoms with Gasteiger partial charge in [0.05, 0.1) is 6.26 Å². The summed E-state index contributed by atoms with van der Waals surface area (Å²) in [7, 11) is -3.40. The molecule has 0 aliphatic carbocycles. The summed E-state index contributed by atoms with van der Waals surface area (Å²) in [5.41, 5.74) is 0.448. The van der Waals surface area contributed by atoms with Crippen LogP contribution < -0.4 is 4.72 Å². The largest absolute Gasteiger partial charge is 0.492 e. The van der Waals surface area contributed by atoms with E-state index in [1.165, 1.54) is 4.40 Å². The predicted molar refractivity (Wildman–Crippen MR) is 55.3 cm³/mol. The molecule has 2 aromatic heterocycles. The number of aromatic hydroxyl groups is 1. The molecular formula is C8H9N3O3S. The normalized spacial score (nSPS) is 11.8. The average molecular weight is 227 g/mol. The molecule has 0 aliphatic rings. The van der Waals surface area contributed by atoms with E-state index < -0.39 is 10.0 Å². The van der Waals surface area contributed by atoms with Crippen molar-refractivity contribution in [1.82, 2.24) is 9.38 Å². The van der Waals surface area contributed by atoms with Gasteiger partial charge in [-0.1, -0.05) is 6.07 Å². The molecule has 0 aromatic carbocycles. The van der Waals surface area contributed by atoms with Gasteiger partial charge in [-0.05, 0) is 12.1 Å². The van der Waals surface area contributed by atoms with Crippen LogP contribution in [0.25, 0.3) is 5.52 Å². The second-order valence-corrected chi connectivity index (χ2v) is 4.84. The van der Waals surface area contributed by atoms with Crippen LogP contribution in [0.1, 0.15) is 0 Å². The van der Waals surface area contributed by atoms with E-state index in [0.717, 1.165) is 6.26 Å². The maximum atomic E-state index is 11.0. The highest BCUT2D eigenvalue weighted by molar-refractivity contribution is 7.91. The molecule has 0 spiro atoms. The maximum absolute atomic E-state index is 11.0. The van der Waals surface area contributed by atoms with E-state index in [2.05, 4.69) is 9.71 Å². The molecule has 0 aliphatic heterocycles. The van der Waals surface area contributed by atoms with Gasteiger partial charge in [0, 0.05) is 6.20 Å². The van der Waals surface area contributed by atoms with Crippen molar-refractivity contribution < 1.29 is 13.5 Å². The number of sulfonamides is 1. The molecule has 0 amide bonds. The second kappa shape index (κ2) is 3.13. The monoisotopic (exact) mass is 227 g/mol. The van der Waals surface area contributed by atoms with Crippen LogP contribution in [0.3, 0.4) is 0 Å². The van der Waals surface area contributed by atoms with Gasteiger partial charge < -0.3 is 5.11 Å². The molecular weight excluding hydrogens is 218 g/mol. The summed E-state index contributed by atoms with van der Waals surface area (Å²) in [5.74, 6) is -0.132. The Morgan fingerprint density at radius 2 is 2.20 bits per heavy atom. The first kappa shape index (κ1) is 9.78. The van der Waals surface area contributed by atoms with E-state index in [1.54, 1.807) is 24.4 Å². The van der Waals surface area contributed by atoms with Gasteiger partial charge in [-0.25, -0.2) is 8.42 Å². The van der Waals surface area contributed by atoms with Gasteiger partial charge >= 0.3 is 0 Å². The molecule has 2 N–H and O–H groups in total. The van der Waals surface area contributed by atoms with Crippen molar-refractivity contribution in [2.75, 3.05) is 11.0 Å². The molecule has 0 saturated carbocycles. The number of hydrogen-bond acceptors (Lipinski definition) is 4. The summed E-state index contributed by atoms with van der Waals surface area (Å²) in [4.78, 5) is 3.70. The van der Waals surface area contributed by atoms with Crippen LogP contribution >= 0.6 is 0 Å². The highest BCUT2D eigenvalue weighted by atomic mass is 32.2. The van der Waals surface area contributed by atoms with Crippen molar-refractivity contribution in [2.24, 2.45) is 0 Å². The van der Waals surface area contributed by atoms with Crippen molar-refractivity contribution in [1.29, 1.82) is 0 Å². The third kappa shape index (κ3) is 1.86. The van der Waals surface area contributed by atoms with Crippen molar-refractivity contribution in [2.45, 2.75) is 0 Å². The zero-order chi connectivity index (χ0) is 11.1. The van der Waals surface area contributed by atoms with Gasteiger partial charge in [0.1, 0.15) is 5.52 Å². The van der Waals surface area contributed by atoms with Crippen LogP contribution in [0.4, 0.5) is 5.95 Å². The molecule has 0 fully saturated rings. The minimum absolute atomic E-state index is 0.0746. The van der Waals surface area contributed by atoms with Gasteiger partial charge in [0.25, 0.3) is 0 Å². The van der Waals surface area contributed by atoms with Gasteiger partial charge in [-0.2, -0.15) is 4.98 Å². The first-order valence-corrected chi connectivity index (χ1v) is 6.00. The Morgan fingerprint density at radius 1 is 1.47 bits per heavy atom. The van der Waals surface area contributed by atoms with Crippen molar-refractivity contribution >= 4 is 21.5 Å². The van der Waals surface area contributed by atoms with E-state index in [9.17, 15) is 13.5 Å². The predicted octanol–water partition coefficient (Wildman–Crippen LogP) is 0.411. The lowest BCUT2D eigenvalue weighted by Crippen LogP contribution is -2.12. The third-order valence-corrected chi connectivity index (χ3v) is 2.36. The Kier molecular flexibility index (Phi) is 2.04. The Morgan fingerprint density at radius 3 is 2.87 bits per heavy atom. The Bertz CT molecular complexity index is 603. The first-order chi connectivity index (χ1) is 6.97. The minimum Gasteiger partial charge on any atom is -0.492 e. The van der Waals surface area contributed by atoms with Crippen LogP contribution in [0, 0.1) is 0 Å². The number of nitrogens with one attached hydrogen (secondary N) is 1. The fourth-order valence-corrected chi connectivity index (χ4v) is 1.73. The van der Waals surface area contributed by atoms with Crippen LogP contribution in [0.2, 0.25) is 0 Å². The molecule has 2 rings (SSSR count). The third-order valence-electron chi connectivity index (χ3n) is 1.81. The zero-order valence-electron chi connectivity index (χ0n) is 7.88. The molecule has 0 bridgehead atoms. The number of hydrogen-bond donors (Lipinski definition) is 2. The maximum Gasteiger partial charge on any atom is 0.239 e. The molecule has 6 nitrogen and oxygen atoms in total. The molecule has 15 heavy (non-hydrogen) atoms. The molecule has 0 saturated heterocycles. The molecule has 0 atom stereocenters. The number of nitrogens with zero attached hydrogens (tertiary/aromatic N) is 2. The molecule has 80 valence electrons. The summed E-state index contributed by atoms with van der Waals surface area (Å²) >= 11 is 0. The summed E-state index contributed by atoms with van der Waals surface area (Å²) in [5, 5.41) is 9.42. The molecule has 0 radical (unpaired) electrons. The summed E-state index contributed by atoms with van der Waals surface area (Å²) < 4.78 is 25.7. The number of aromatic nitrogens is 2. The summed E-state index contributed by atoms with van der Waals surface area (Å²) in [6.07, 6.45) is 2.63. The van der Waals surface area contributed by atoms with E-state index in [-0.39, 0.29) is 11.8 Å². The number of fused-ring (bicyclic) bond motifs is 1. The van der Waals surface area contributed by atoms with E-state index in [0.29, 0.717) is 5.52 Å². The van der Waals surface area contributed by atoms with Crippen molar-refractivity contribution in [3.8, 4) is 5.88 Å². The topological polar surface area (TPSA) is 83.7 Å². The molecule has 7 heteroatoms. The van der Waals surface area contributed by atoms with Crippen LogP contribution in [0.5, 0.6) is 5.88 Å². The van der Waals surface area contributed by atoms with Crippen molar-refractivity contribution in [3.05, 3.63) is 24.4 Å². The summed E-state index contributed by atoms with van der Waals surface area (Å²) in [6, 6.07) is 5.07. The molecule has 2 aromatic rings.